The van der Waals surface area contributed by atoms with Gasteiger partial charge < -0.3 is 20.2 Å². The molecule has 0 radical (unpaired) electrons. The Labute approximate surface area is 171 Å². The van der Waals surface area contributed by atoms with Gasteiger partial charge in [-0.05, 0) is 36.5 Å². The third-order valence-electron chi connectivity index (χ3n) is 3.62. The van der Waals surface area contributed by atoms with E-state index in [0.717, 1.165) is 11.3 Å². The normalized spacial score (nSPS) is 10.5. The lowest BCUT2D eigenvalue weighted by atomic mass is 10.2. The Morgan fingerprint density at radius 1 is 1.11 bits per heavy atom. The number of carbonyl (C=O) groups is 1. The summed E-state index contributed by atoms with van der Waals surface area (Å²) in [7, 11) is 0. The Morgan fingerprint density at radius 3 is 2.57 bits per heavy atom. The summed E-state index contributed by atoms with van der Waals surface area (Å²) in [5.41, 5.74) is 2.21. The van der Waals surface area contributed by atoms with Gasteiger partial charge in [-0.3, -0.25) is 4.79 Å². The number of hydrogen-bond acceptors (Lipinski definition) is 7. The van der Waals surface area contributed by atoms with Gasteiger partial charge in [0.1, 0.15) is 0 Å². The van der Waals surface area contributed by atoms with Crippen LogP contribution in [0.5, 0.6) is 0 Å². The van der Waals surface area contributed by atoms with Crippen LogP contribution in [0.15, 0.2) is 64.2 Å². The van der Waals surface area contributed by atoms with Crippen LogP contribution in [0.4, 0.5) is 5.69 Å². The minimum Gasteiger partial charge on any atom is -0.411 e. The number of ketones is 1. The number of hydrogen-bond donors (Lipinski definition) is 3. The van der Waals surface area contributed by atoms with Gasteiger partial charge >= 0.3 is 0 Å². The van der Waals surface area contributed by atoms with E-state index in [1.54, 1.807) is 12.1 Å². The minimum atomic E-state index is 0.00607. The Hall–Kier alpha value is -2.75. The summed E-state index contributed by atoms with van der Waals surface area (Å²) in [5, 5.41) is 23.4. The van der Waals surface area contributed by atoms with E-state index in [2.05, 4.69) is 20.8 Å². The first kappa shape index (κ1) is 20.0. The molecule has 3 rings (SSSR count). The fraction of sp³-hybridized carbons (Fsp3) is 0.158. The highest BCUT2D eigenvalue weighted by Crippen LogP contribution is 2.24. The van der Waals surface area contributed by atoms with E-state index in [1.807, 2.05) is 42.5 Å². The van der Waals surface area contributed by atoms with Crippen LogP contribution < -0.4 is 10.6 Å². The molecule has 144 valence electrons. The summed E-state index contributed by atoms with van der Waals surface area (Å²) in [6.45, 7) is 0.397. The van der Waals surface area contributed by atoms with E-state index in [9.17, 15) is 4.79 Å². The van der Waals surface area contributed by atoms with E-state index in [4.69, 9.17) is 21.7 Å². The van der Waals surface area contributed by atoms with Crippen LogP contribution in [-0.4, -0.2) is 45.1 Å². The SMILES string of the molecule is O=C(CSc1nnc(-c2ccc(NC(=S)NCCO)cc2)o1)c1ccccc1. The zero-order valence-corrected chi connectivity index (χ0v) is 16.4. The number of aromatic nitrogens is 2. The first-order chi connectivity index (χ1) is 13.7. The lowest BCUT2D eigenvalue weighted by Crippen LogP contribution is -2.30. The molecule has 0 aliphatic carbocycles. The highest BCUT2D eigenvalue weighted by molar-refractivity contribution is 7.99. The van der Waals surface area contributed by atoms with Crippen molar-refractivity contribution in [2.75, 3.05) is 24.2 Å². The van der Waals surface area contributed by atoms with Crippen molar-refractivity contribution in [1.82, 2.24) is 15.5 Å². The third kappa shape index (κ3) is 5.62. The maximum Gasteiger partial charge on any atom is 0.277 e. The Bertz CT molecular complexity index is 930. The molecule has 9 heteroatoms. The zero-order chi connectivity index (χ0) is 19.8. The molecule has 7 nitrogen and oxygen atoms in total. The summed E-state index contributed by atoms with van der Waals surface area (Å²) in [6.07, 6.45) is 0. The van der Waals surface area contributed by atoms with Gasteiger partial charge in [0.15, 0.2) is 10.9 Å². The van der Waals surface area contributed by atoms with E-state index in [0.29, 0.717) is 28.3 Å². The molecule has 3 aromatic rings. The summed E-state index contributed by atoms with van der Waals surface area (Å²) in [4.78, 5) is 12.1. The topological polar surface area (TPSA) is 100 Å². The standard InChI is InChI=1S/C19H18N4O3S2/c24-11-10-20-18(27)21-15-8-6-14(7-9-15)17-22-23-19(26-17)28-12-16(25)13-4-2-1-3-5-13/h1-9,24H,10-12H2,(H2,20,21,27). The molecule has 0 saturated carbocycles. The van der Waals surface area contributed by atoms with Crippen LogP contribution >= 0.6 is 24.0 Å². The Kier molecular flexibility index (Phi) is 7.12. The molecular formula is C19H18N4O3S2. The number of nitrogens with zero attached hydrogens (tertiary/aromatic N) is 2. The lowest BCUT2D eigenvalue weighted by molar-refractivity contribution is 0.102. The number of anilines is 1. The predicted molar refractivity (Wildman–Crippen MR) is 113 cm³/mol. The molecule has 0 aliphatic heterocycles. The summed E-state index contributed by atoms with van der Waals surface area (Å²) < 4.78 is 5.63. The first-order valence-electron chi connectivity index (χ1n) is 8.46. The van der Waals surface area contributed by atoms with Crippen LogP contribution in [0.25, 0.3) is 11.5 Å². The van der Waals surface area contributed by atoms with Crippen molar-refractivity contribution in [3.63, 3.8) is 0 Å². The highest BCUT2D eigenvalue weighted by Gasteiger charge is 2.12. The van der Waals surface area contributed by atoms with Crippen LogP contribution in [-0.2, 0) is 0 Å². The van der Waals surface area contributed by atoms with Crippen molar-refractivity contribution in [2.45, 2.75) is 5.22 Å². The highest BCUT2D eigenvalue weighted by atomic mass is 32.2. The van der Waals surface area contributed by atoms with Crippen LogP contribution in [0.2, 0.25) is 0 Å². The number of Topliss-reactive ketones (excluding diaryl/α,β-unsaturated/α-hetero) is 1. The first-order valence-corrected chi connectivity index (χ1v) is 9.86. The summed E-state index contributed by atoms with van der Waals surface area (Å²) in [5.74, 6) is 0.612. The summed E-state index contributed by atoms with van der Waals surface area (Å²) >= 11 is 6.32. The molecule has 3 N–H and O–H groups in total. The van der Waals surface area contributed by atoms with Gasteiger partial charge in [0, 0.05) is 23.4 Å². The van der Waals surface area contributed by atoms with Crippen LogP contribution in [0.3, 0.4) is 0 Å². The lowest BCUT2D eigenvalue weighted by Gasteiger charge is -2.09. The van der Waals surface area contributed by atoms with Gasteiger partial charge in [-0.15, -0.1) is 10.2 Å². The number of aliphatic hydroxyl groups excluding tert-OH is 1. The number of thiocarbonyl (C=S) groups is 1. The summed E-state index contributed by atoms with van der Waals surface area (Å²) in [6, 6.07) is 16.4. The molecule has 0 atom stereocenters. The average Bonchev–Trinajstić information content (AvgIpc) is 3.21. The Morgan fingerprint density at radius 2 is 1.86 bits per heavy atom. The number of aliphatic hydroxyl groups is 1. The molecule has 0 saturated heterocycles. The second kappa shape index (κ2) is 9.98. The molecular weight excluding hydrogens is 396 g/mol. The predicted octanol–water partition coefficient (Wildman–Crippen LogP) is 2.99. The number of thioether (sulfide) groups is 1. The number of benzene rings is 2. The van der Waals surface area contributed by atoms with Crippen molar-refractivity contribution >= 4 is 40.6 Å². The number of rotatable bonds is 8. The van der Waals surface area contributed by atoms with Crippen molar-refractivity contribution in [3.8, 4) is 11.5 Å². The average molecular weight is 415 g/mol. The fourth-order valence-electron chi connectivity index (χ4n) is 2.26. The van der Waals surface area contributed by atoms with Gasteiger partial charge in [0.25, 0.3) is 5.22 Å². The van der Waals surface area contributed by atoms with E-state index in [-0.39, 0.29) is 18.1 Å². The maximum atomic E-state index is 12.1. The van der Waals surface area contributed by atoms with Gasteiger partial charge in [0.2, 0.25) is 5.89 Å². The minimum absolute atomic E-state index is 0.00607. The molecule has 28 heavy (non-hydrogen) atoms. The fourth-order valence-corrected chi connectivity index (χ4v) is 3.14. The monoisotopic (exact) mass is 414 g/mol. The van der Waals surface area contributed by atoms with Gasteiger partial charge in [-0.2, -0.15) is 0 Å². The quantitative estimate of drug-likeness (QED) is 0.292. The van der Waals surface area contributed by atoms with E-state index < -0.39 is 0 Å². The number of nitrogens with one attached hydrogen (secondary N) is 2. The van der Waals surface area contributed by atoms with Crippen molar-refractivity contribution < 1.29 is 14.3 Å². The Balaban J connectivity index is 1.56. The molecule has 0 fully saturated rings. The van der Waals surface area contributed by atoms with Gasteiger partial charge in [0.05, 0.1) is 12.4 Å². The van der Waals surface area contributed by atoms with E-state index in [1.165, 1.54) is 11.8 Å². The van der Waals surface area contributed by atoms with Crippen LogP contribution in [0, 0.1) is 0 Å². The molecule has 0 spiro atoms. The second-order valence-corrected chi connectivity index (χ2v) is 6.97. The van der Waals surface area contributed by atoms with Gasteiger partial charge in [-0.25, -0.2) is 0 Å². The number of carbonyl (C=O) groups excluding carboxylic acids is 1. The molecule has 1 heterocycles. The van der Waals surface area contributed by atoms with Crippen molar-refractivity contribution in [2.24, 2.45) is 0 Å². The van der Waals surface area contributed by atoms with Crippen molar-refractivity contribution in [3.05, 3.63) is 60.2 Å². The van der Waals surface area contributed by atoms with Crippen LogP contribution in [0.1, 0.15) is 10.4 Å². The second-order valence-electron chi connectivity index (χ2n) is 5.63. The molecule has 2 aromatic carbocycles. The molecule has 0 amide bonds. The smallest absolute Gasteiger partial charge is 0.277 e. The largest absolute Gasteiger partial charge is 0.411 e. The molecule has 0 unspecified atom stereocenters. The van der Waals surface area contributed by atoms with Gasteiger partial charge in [-0.1, -0.05) is 42.1 Å². The third-order valence-corrected chi connectivity index (χ3v) is 4.68. The molecule has 1 aromatic heterocycles. The zero-order valence-electron chi connectivity index (χ0n) is 14.8. The molecule has 0 bridgehead atoms. The molecule has 0 aliphatic rings. The van der Waals surface area contributed by atoms with E-state index >= 15 is 0 Å². The van der Waals surface area contributed by atoms with Crippen molar-refractivity contribution in [1.29, 1.82) is 0 Å². The maximum absolute atomic E-state index is 12.1.